The van der Waals surface area contributed by atoms with Crippen LogP contribution in [0.15, 0.2) is 36.9 Å². The van der Waals surface area contributed by atoms with Crippen molar-refractivity contribution in [1.29, 1.82) is 0 Å². The van der Waals surface area contributed by atoms with Crippen molar-refractivity contribution in [3.8, 4) is 5.75 Å². The van der Waals surface area contributed by atoms with Crippen molar-refractivity contribution in [3.05, 3.63) is 42.5 Å². The fourth-order valence-electron chi connectivity index (χ4n) is 1.38. The minimum atomic E-state index is -1.27. The molecule has 0 unspecified atom stereocenters. The Labute approximate surface area is 111 Å². The third-order valence-corrected chi connectivity index (χ3v) is 2.31. The molecule has 0 aromatic heterocycles. The van der Waals surface area contributed by atoms with E-state index in [4.69, 9.17) is 9.47 Å². The van der Waals surface area contributed by atoms with E-state index in [9.17, 15) is 14.7 Å². The minimum absolute atomic E-state index is 0.0283. The van der Waals surface area contributed by atoms with Crippen LogP contribution in [0.1, 0.15) is 23.2 Å². The number of rotatable bonds is 8. The predicted octanol–water partition coefficient (Wildman–Crippen LogP) is 2.15. The number of ether oxygens (including phenoxy) is 2. The van der Waals surface area contributed by atoms with Crippen LogP contribution in [0.25, 0.3) is 0 Å². The van der Waals surface area contributed by atoms with Gasteiger partial charge in [-0.15, -0.1) is 0 Å². The number of hydrogen-bond acceptors (Lipinski definition) is 4. The molecule has 0 N–H and O–H groups in total. The van der Waals surface area contributed by atoms with E-state index in [1.807, 2.05) is 0 Å². The van der Waals surface area contributed by atoms with Crippen LogP contribution in [0.2, 0.25) is 0 Å². The molecule has 5 nitrogen and oxygen atoms in total. The van der Waals surface area contributed by atoms with E-state index in [1.54, 1.807) is 18.2 Å². The van der Waals surface area contributed by atoms with E-state index < -0.39 is 11.9 Å². The van der Waals surface area contributed by atoms with Crippen LogP contribution in [-0.4, -0.2) is 25.2 Å². The van der Waals surface area contributed by atoms with Crippen molar-refractivity contribution in [2.45, 2.75) is 12.8 Å². The Hall–Kier alpha value is -2.30. The van der Waals surface area contributed by atoms with Crippen LogP contribution in [0, 0.1) is 0 Å². The number of benzene rings is 1. The average molecular weight is 263 g/mol. The minimum Gasteiger partial charge on any atom is -0.493 e. The summed E-state index contributed by atoms with van der Waals surface area (Å²) in [5.74, 6) is -1.44. The zero-order valence-corrected chi connectivity index (χ0v) is 10.5. The van der Waals surface area contributed by atoms with E-state index >= 15 is 0 Å². The number of carbonyl (C=O) groups is 2. The summed E-state index contributed by atoms with van der Waals surface area (Å²) in [7, 11) is 0. The molecule has 0 saturated heterocycles. The summed E-state index contributed by atoms with van der Waals surface area (Å²) in [4.78, 5) is 21.5. The monoisotopic (exact) mass is 263 g/mol. The van der Waals surface area contributed by atoms with Crippen molar-refractivity contribution in [2.24, 2.45) is 0 Å². The van der Waals surface area contributed by atoms with Crippen molar-refractivity contribution >= 4 is 11.9 Å². The number of hydrogen-bond donors (Lipinski definition) is 0. The third-order valence-electron chi connectivity index (χ3n) is 2.31. The lowest BCUT2D eigenvalue weighted by Gasteiger charge is -2.08. The van der Waals surface area contributed by atoms with Crippen LogP contribution >= 0.6 is 0 Å². The van der Waals surface area contributed by atoms with Gasteiger partial charge in [-0.1, -0.05) is 18.7 Å². The second-order valence-electron chi connectivity index (χ2n) is 3.71. The number of unbranched alkanes of at least 4 members (excludes halogenated alkanes) is 1. The molecule has 19 heavy (non-hydrogen) atoms. The predicted molar refractivity (Wildman–Crippen MR) is 67.3 cm³/mol. The van der Waals surface area contributed by atoms with Crippen LogP contribution in [0.4, 0.5) is 0 Å². The highest BCUT2D eigenvalue weighted by molar-refractivity contribution is 5.90. The van der Waals surface area contributed by atoms with Gasteiger partial charge in [0.1, 0.15) is 11.3 Å². The van der Waals surface area contributed by atoms with E-state index in [1.165, 1.54) is 6.07 Å². The molecule has 1 radical (unpaired) electrons. The summed E-state index contributed by atoms with van der Waals surface area (Å²) in [5.41, 5.74) is 0.0283. The van der Waals surface area contributed by atoms with Gasteiger partial charge >= 0.3 is 11.9 Å². The molecule has 1 rings (SSSR count). The summed E-state index contributed by atoms with van der Waals surface area (Å²) >= 11 is 0. The SMILES string of the molecule is C=CC(=O)OCCCCOc1ccccc1C([O])=O. The topological polar surface area (TPSA) is 72.5 Å². The molecule has 101 valence electrons. The van der Waals surface area contributed by atoms with E-state index in [2.05, 4.69) is 6.58 Å². The third kappa shape index (κ3) is 5.25. The first-order valence-electron chi connectivity index (χ1n) is 5.87. The summed E-state index contributed by atoms with van der Waals surface area (Å²) in [6, 6.07) is 6.29. The van der Waals surface area contributed by atoms with Gasteiger partial charge in [-0.25, -0.2) is 14.7 Å². The normalized spacial score (nSPS) is 9.68. The molecular weight excluding hydrogens is 248 g/mol. The van der Waals surface area contributed by atoms with Crippen molar-refractivity contribution in [3.63, 3.8) is 0 Å². The van der Waals surface area contributed by atoms with Gasteiger partial charge in [0.15, 0.2) is 0 Å². The molecule has 0 aliphatic heterocycles. The van der Waals surface area contributed by atoms with Gasteiger partial charge < -0.3 is 9.47 Å². The summed E-state index contributed by atoms with van der Waals surface area (Å²) < 4.78 is 10.1. The summed E-state index contributed by atoms with van der Waals surface area (Å²) in [6.45, 7) is 3.91. The van der Waals surface area contributed by atoms with E-state index in [0.29, 0.717) is 19.4 Å². The van der Waals surface area contributed by atoms with Gasteiger partial charge in [0.05, 0.1) is 13.2 Å². The number of carbonyl (C=O) groups excluding carboxylic acids is 2. The highest BCUT2D eigenvalue weighted by Crippen LogP contribution is 2.18. The van der Waals surface area contributed by atoms with Crippen LogP contribution in [-0.2, 0) is 14.6 Å². The molecule has 1 aromatic carbocycles. The zero-order valence-electron chi connectivity index (χ0n) is 10.5. The van der Waals surface area contributed by atoms with Crippen LogP contribution in [0.5, 0.6) is 5.75 Å². The highest BCUT2D eigenvalue weighted by atomic mass is 16.5. The average Bonchev–Trinajstić information content (AvgIpc) is 2.42. The Morgan fingerprint density at radius 1 is 1.16 bits per heavy atom. The number of esters is 1. The molecule has 1 aromatic rings. The lowest BCUT2D eigenvalue weighted by molar-refractivity contribution is -0.137. The quantitative estimate of drug-likeness (QED) is 0.409. The van der Waals surface area contributed by atoms with Gasteiger partial charge in [-0.2, -0.15) is 0 Å². The van der Waals surface area contributed by atoms with Crippen LogP contribution < -0.4 is 4.74 Å². The zero-order chi connectivity index (χ0) is 14.1. The Morgan fingerprint density at radius 2 is 1.84 bits per heavy atom. The first-order valence-corrected chi connectivity index (χ1v) is 5.87. The molecule has 0 aliphatic carbocycles. The van der Waals surface area contributed by atoms with Crippen molar-refractivity contribution in [2.75, 3.05) is 13.2 Å². The maximum absolute atomic E-state index is 10.8. The largest absolute Gasteiger partial charge is 0.493 e. The van der Waals surface area contributed by atoms with Crippen molar-refractivity contribution in [1.82, 2.24) is 0 Å². The molecule has 0 atom stereocenters. The lowest BCUT2D eigenvalue weighted by Crippen LogP contribution is -2.06. The fourth-order valence-corrected chi connectivity index (χ4v) is 1.38. The summed E-state index contributed by atoms with van der Waals surface area (Å²) in [6.07, 6.45) is 2.38. The van der Waals surface area contributed by atoms with Crippen LogP contribution in [0.3, 0.4) is 0 Å². The maximum Gasteiger partial charge on any atom is 0.390 e. The molecule has 0 bridgehead atoms. The molecular formula is C14H15O5. The lowest BCUT2D eigenvalue weighted by atomic mass is 10.2. The molecule has 0 spiro atoms. The van der Waals surface area contributed by atoms with Crippen molar-refractivity contribution < 1.29 is 24.2 Å². The molecule has 0 amide bonds. The summed E-state index contributed by atoms with van der Waals surface area (Å²) in [5, 5.41) is 10.8. The second kappa shape index (κ2) is 7.92. The first-order chi connectivity index (χ1) is 9.15. The molecule has 0 heterocycles. The Balaban J connectivity index is 2.28. The molecule has 0 saturated carbocycles. The molecule has 0 fully saturated rings. The Bertz CT molecular complexity index is 453. The standard InChI is InChI=1S/C14H15O5/c1-2-13(15)19-10-6-5-9-18-12-8-4-3-7-11(12)14(16)17/h2-4,7-8H,1,5-6,9-10H2. The maximum atomic E-state index is 10.8. The van der Waals surface area contributed by atoms with Gasteiger partial charge in [0, 0.05) is 6.08 Å². The van der Waals surface area contributed by atoms with E-state index in [-0.39, 0.29) is 17.9 Å². The van der Waals surface area contributed by atoms with Gasteiger partial charge in [0.2, 0.25) is 0 Å². The first kappa shape index (κ1) is 14.8. The van der Waals surface area contributed by atoms with Gasteiger partial charge in [-0.05, 0) is 25.0 Å². The molecule has 0 aliphatic rings. The smallest absolute Gasteiger partial charge is 0.390 e. The molecule has 5 heteroatoms. The van der Waals surface area contributed by atoms with Gasteiger partial charge in [0.25, 0.3) is 0 Å². The highest BCUT2D eigenvalue weighted by Gasteiger charge is 2.11. The Morgan fingerprint density at radius 3 is 2.53 bits per heavy atom. The second-order valence-corrected chi connectivity index (χ2v) is 3.71. The Kier molecular flexibility index (Phi) is 6.15. The fraction of sp³-hybridized carbons (Fsp3) is 0.286. The van der Waals surface area contributed by atoms with Gasteiger partial charge in [-0.3, -0.25) is 0 Å². The van der Waals surface area contributed by atoms with E-state index in [0.717, 1.165) is 6.08 Å². The number of para-hydroxylation sites is 1.